The van der Waals surface area contributed by atoms with E-state index in [1.807, 2.05) is 30.3 Å². The SMILES string of the molecule is COc1ccc(C(=O)C2CCN(C[C@@H](N)Cc3ccccc3)CC2)cc1. The largest absolute Gasteiger partial charge is 0.497 e. The van der Waals surface area contributed by atoms with Gasteiger partial charge in [0.05, 0.1) is 7.11 Å². The van der Waals surface area contributed by atoms with Crippen LogP contribution in [0.15, 0.2) is 54.6 Å². The van der Waals surface area contributed by atoms with Crippen LogP contribution in [0.2, 0.25) is 0 Å². The Morgan fingerprint density at radius 3 is 2.38 bits per heavy atom. The minimum Gasteiger partial charge on any atom is -0.497 e. The minimum atomic E-state index is 0.116. The molecule has 138 valence electrons. The number of rotatable bonds is 7. The maximum Gasteiger partial charge on any atom is 0.166 e. The van der Waals surface area contributed by atoms with Crippen LogP contribution in [-0.2, 0) is 6.42 Å². The zero-order valence-electron chi connectivity index (χ0n) is 15.4. The highest BCUT2D eigenvalue weighted by Gasteiger charge is 2.26. The third-order valence-electron chi connectivity index (χ3n) is 5.17. The third-order valence-corrected chi connectivity index (χ3v) is 5.17. The van der Waals surface area contributed by atoms with E-state index in [0.717, 1.165) is 50.2 Å². The molecule has 1 aliphatic heterocycles. The Hall–Kier alpha value is -2.17. The van der Waals surface area contributed by atoms with Crippen molar-refractivity contribution >= 4 is 5.78 Å². The molecule has 1 fully saturated rings. The van der Waals surface area contributed by atoms with Gasteiger partial charge in [-0.1, -0.05) is 30.3 Å². The van der Waals surface area contributed by atoms with E-state index in [2.05, 4.69) is 29.2 Å². The van der Waals surface area contributed by atoms with Gasteiger partial charge in [-0.15, -0.1) is 0 Å². The molecule has 26 heavy (non-hydrogen) atoms. The van der Waals surface area contributed by atoms with Crippen LogP contribution in [0.5, 0.6) is 5.75 Å². The van der Waals surface area contributed by atoms with Gasteiger partial charge in [0, 0.05) is 24.1 Å². The van der Waals surface area contributed by atoms with Crippen molar-refractivity contribution in [3.8, 4) is 5.75 Å². The van der Waals surface area contributed by atoms with E-state index in [4.69, 9.17) is 10.5 Å². The number of hydrogen-bond donors (Lipinski definition) is 1. The summed E-state index contributed by atoms with van der Waals surface area (Å²) in [6.07, 6.45) is 2.71. The van der Waals surface area contributed by atoms with Crippen LogP contribution in [0.25, 0.3) is 0 Å². The topological polar surface area (TPSA) is 55.6 Å². The molecule has 0 aliphatic carbocycles. The van der Waals surface area contributed by atoms with Crippen LogP contribution < -0.4 is 10.5 Å². The van der Waals surface area contributed by atoms with Crippen LogP contribution in [-0.4, -0.2) is 43.5 Å². The van der Waals surface area contributed by atoms with E-state index in [-0.39, 0.29) is 17.7 Å². The Bertz CT molecular complexity index is 692. The van der Waals surface area contributed by atoms with Crippen LogP contribution >= 0.6 is 0 Å². The van der Waals surface area contributed by atoms with Crippen molar-refractivity contribution in [2.75, 3.05) is 26.7 Å². The van der Waals surface area contributed by atoms with E-state index in [0.29, 0.717) is 0 Å². The number of methoxy groups -OCH3 is 1. The number of ketones is 1. The molecule has 0 amide bonds. The average molecular weight is 352 g/mol. The summed E-state index contributed by atoms with van der Waals surface area (Å²) in [5.74, 6) is 1.15. The summed E-state index contributed by atoms with van der Waals surface area (Å²) in [4.78, 5) is 15.1. The van der Waals surface area contributed by atoms with Gasteiger partial charge in [0.25, 0.3) is 0 Å². The molecule has 0 saturated carbocycles. The Morgan fingerprint density at radius 2 is 1.77 bits per heavy atom. The molecule has 1 atom stereocenters. The summed E-state index contributed by atoms with van der Waals surface area (Å²) in [7, 11) is 1.63. The Morgan fingerprint density at radius 1 is 1.12 bits per heavy atom. The summed E-state index contributed by atoms with van der Waals surface area (Å²) in [6.45, 7) is 2.77. The van der Waals surface area contributed by atoms with Gasteiger partial charge < -0.3 is 15.4 Å². The van der Waals surface area contributed by atoms with Gasteiger partial charge in [-0.3, -0.25) is 4.79 Å². The second-order valence-electron chi connectivity index (χ2n) is 7.12. The smallest absolute Gasteiger partial charge is 0.166 e. The predicted octanol–water partition coefficient (Wildman–Crippen LogP) is 3.16. The van der Waals surface area contributed by atoms with Gasteiger partial charge in [0.15, 0.2) is 5.78 Å². The molecule has 2 N–H and O–H groups in total. The zero-order valence-corrected chi connectivity index (χ0v) is 15.4. The molecule has 4 heteroatoms. The number of benzene rings is 2. The summed E-state index contributed by atoms with van der Waals surface area (Å²) >= 11 is 0. The van der Waals surface area contributed by atoms with Crippen LogP contribution in [0.3, 0.4) is 0 Å². The van der Waals surface area contributed by atoms with E-state index < -0.39 is 0 Å². The monoisotopic (exact) mass is 352 g/mol. The first-order chi connectivity index (χ1) is 12.7. The number of likely N-dealkylation sites (tertiary alicyclic amines) is 1. The highest BCUT2D eigenvalue weighted by atomic mass is 16.5. The Kier molecular flexibility index (Phi) is 6.42. The molecule has 0 radical (unpaired) electrons. The lowest BCUT2D eigenvalue weighted by molar-refractivity contribution is 0.0836. The first-order valence-corrected chi connectivity index (χ1v) is 9.36. The van der Waals surface area contributed by atoms with Crippen molar-refractivity contribution < 1.29 is 9.53 Å². The number of nitrogens with zero attached hydrogens (tertiary/aromatic N) is 1. The van der Waals surface area contributed by atoms with E-state index in [1.54, 1.807) is 7.11 Å². The fourth-order valence-corrected chi connectivity index (χ4v) is 3.68. The van der Waals surface area contributed by atoms with Gasteiger partial charge >= 0.3 is 0 Å². The fraction of sp³-hybridized carbons (Fsp3) is 0.409. The van der Waals surface area contributed by atoms with Crippen molar-refractivity contribution in [2.24, 2.45) is 11.7 Å². The summed E-state index contributed by atoms with van der Waals surface area (Å²) in [6, 6.07) is 17.9. The molecule has 0 aromatic heterocycles. The van der Waals surface area contributed by atoms with Crippen molar-refractivity contribution in [3.63, 3.8) is 0 Å². The number of piperidine rings is 1. The molecular weight excluding hydrogens is 324 g/mol. The van der Waals surface area contributed by atoms with Crippen molar-refractivity contribution in [3.05, 3.63) is 65.7 Å². The number of carbonyl (C=O) groups excluding carboxylic acids is 1. The van der Waals surface area contributed by atoms with Gasteiger partial charge in [-0.25, -0.2) is 0 Å². The number of carbonyl (C=O) groups is 1. The van der Waals surface area contributed by atoms with Crippen LogP contribution in [0.1, 0.15) is 28.8 Å². The van der Waals surface area contributed by atoms with Crippen LogP contribution in [0, 0.1) is 5.92 Å². The Balaban J connectivity index is 1.46. The first kappa shape index (κ1) is 18.6. The van der Waals surface area contributed by atoms with E-state index in [1.165, 1.54) is 5.56 Å². The third kappa shape index (κ3) is 4.93. The summed E-state index contributed by atoms with van der Waals surface area (Å²) in [5, 5.41) is 0. The summed E-state index contributed by atoms with van der Waals surface area (Å²) < 4.78 is 5.16. The molecule has 1 heterocycles. The van der Waals surface area contributed by atoms with Gasteiger partial charge in [-0.05, 0) is 62.2 Å². The highest BCUT2D eigenvalue weighted by Crippen LogP contribution is 2.23. The molecule has 2 aromatic rings. The molecule has 4 nitrogen and oxygen atoms in total. The molecule has 0 bridgehead atoms. The Labute approximate surface area is 156 Å². The maximum atomic E-state index is 12.7. The predicted molar refractivity (Wildman–Crippen MR) is 105 cm³/mol. The lowest BCUT2D eigenvalue weighted by Gasteiger charge is -2.33. The molecule has 2 aromatic carbocycles. The van der Waals surface area contributed by atoms with Crippen molar-refractivity contribution in [1.29, 1.82) is 0 Å². The number of hydrogen-bond acceptors (Lipinski definition) is 4. The molecule has 3 rings (SSSR count). The number of nitrogens with two attached hydrogens (primary N) is 1. The molecule has 0 unspecified atom stereocenters. The quantitative estimate of drug-likeness (QED) is 0.778. The molecule has 0 spiro atoms. The zero-order chi connectivity index (χ0) is 18.4. The summed E-state index contributed by atoms with van der Waals surface area (Å²) in [5.41, 5.74) is 8.39. The lowest BCUT2D eigenvalue weighted by Crippen LogP contribution is -2.43. The van der Waals surface area contributed by atoms with Gasteiger partial charge in [-0.2, -0.15) is 0 Å². The molecular formula is C22H28N2O2. The van der Waals surface area contributed by atoms with Crippen LogP contribution in [0.4, 0.5) is 0 Å². The average Bonchev–Trinajstić information content (AvgIpc) is 2.69. The number of ether oxygens (including phenoxy) is 1. The second kappa shape index (κ2) is 8.97. The minimum absolute atomic E-state index is 0.116. The van der Waals surface area contributed by atoms with E-state index >= 15 is 0 Å². The van der Waals surface area contributed by atoms with Crippen molar-refractivity contribution in [2.45, 2.75) is 25.3 Å². The van der Waals surface area contributed by atoms with Gasteiger partial charge in [0.1, 0.15) is 5.75 Å². The fourth-order valence-electron chi connectivity index (χ4n) is 3.68. The second-order valence-corrected chi connectivity index (χ2v) is 7.12. The first-order valence-electron chi connectivity index (χ1n) is 9.36. The normalized spacial score (nSPS) is 17.0. The van der Waals surface area contributed by atoms with Gasteiger partial charge in [0.2, 0.25) is 0 Å². The lowest BCUT2D eigenvalue weighted by atomic mass is 9.88. The maximum absolute atomic E-state index is 12.7. The van der Waals surface area contributed by atoms with E-state index in [9.17, 15) is 4.79 Å². The standard InChI is InChI=1S/C22H28N2O2/c1-26-21-9-7-18(8-10-21)22(25)19-11-13-24(14-12-19)16-20(23)15-17-5-3-2-4-6-17/h2-10,19-20H,11-16,23H2,1H3/t20-/m0/s1. The molecule has 1 saturated heterocycles. The highest BCUT2D eigenvalue weighted by molar-refractivity contribution is 5.98. The number of Topliss-reactive ketones (excluding diaryl/α,β-unsaturated/α-hetero) is 1. The molecule has 1 aliphatic rings. The van der Waals surface area contributed by atoms with Crippen molar-refractivity contribution in [1.82, 2.24) is 4.90 Å².